The highest BCUT2D eigenvalue weighted by atomic mass is 35.5. The summed E-state index contributed by atoms with van der Waals surface area (Å²) in [5.41, 5.74) is 3.38. The number of halogens is 2. The van der Waals surface area contributed by atoms with Crippen LogP contribution in [0.2, 0.25) is 0 Å². The Morgan fingerprint density at radius 3 is 2.19 bits per heavy atom. The average molecular weight is 333 g/mol. The normalized spacial score (nSPS) is 13.8. The monoisotopic (exact) mass is 332 g/mol. The van der Waals surface area contributed by atoms with Gasteiger partial charge in [0.1, 0.15) is 4.84 Å². The molecular weight excluding hydrogens is 307 g/mol. The predicted molar refractivity (Wildman–Crippen MR) is 91.9 cm³/mol. The third-order valence-electron chi connectivity index (χ3n) is 3.03. The molecule has 0 amide bonds. The second kappa shape index (κ2) is 11.9. The van der Waals surface area contributed by atoms with Crippen LogP contribution >= 0.6 is 23.2 Å². The third kappa shape index (κ3) is 11.6. The lowest BCUT2D eigenvalue weighted by atomic mass is 10.1. The first-order valence-electron chi connectivity index (χ1n) is 7.31. The summed E-state index contributed by atoms with van der Waals surface area (Å²) in [7, 11) is 0. The van der Waals surface area contributed by atoms with Crippen LogP contribution in [0.15, 0.2) is 34.9 Å². The molecule has 0 atom stereocenters. The molecule has 2 nitrogen and oxygen atoms in total. The topological polar surface area (TPSA) is 26.3 Å². The molecule has 21 heavy (non-hydrogen) atoms. The predicted octanol–water partition coefficient (Wildman–Crippen LogP) is 5.75. The average Bonchev–Trinajstić information content (AvgIpc) is 2.38. The number of hydrogen-bond donors (Lipinski definition) is 0. The second-order valence-corrected chi connectivity index (χ2v) is 6.22. The van der Waals surface area contributed by atoms with Gasteiger partial charge in [-0.15, -0.1) is 23.2 Å². The summed E-state index contributed by atoms with van der Waals surface area (Å²) in [6, 6.07) is 0. The first-order valence-corrected chi connectivity index (χ1v) is 8.18. The minimum absolute atomic E-state index is 0.256. The molecule has 0 radical (unpaired) electrons. The molecule has 0 saturated carbocycles. The Morgan fingerprint density at radius 2 is 1.62 bits per heavy atom. The lowest BCUT2D eigenvalue weighted by molar-refractivity contribution is -0.137. The molecule has 0 fully saturated rings. The number of alkyl halides is 2. The van der Waals surface area contributed by atoms with Crippen LogP contribution in [0.5, 0.6) is 0 Å². The van der Waals surface area contributed by atoms with E-state index in [4.69, 9.17) is 27.9 Å². The SMILES string of the molecule is CCOC(=O)C=C(C)CCC=C(C)CCC=C(C)C(Cl)Cl. The minimum Gasteiger partial charge on any atom is -0.463 e. The summed E-state index contributed by atoms with van der Waals surface area (Å²) < 4.78 is 4.88. The van der Waals surface area contributed by atoms with E-state index in [1.54, 1.807) is 13.0 Å². The molecule has 4 heteroatoms. The first-order chi connectivity index (χ1) is 9.86. The Labute approximate surface area is 138 Å². The van der Waals surface area contributed by atoms with Crippen LogP contribution in [-0.4, -0.2) is 17.4 Å². The Bertz CT molecular complexity index is 407. The molecule has 0 aromatic rings. The number of esters is 1. The number of carbonyl (C=O) groups is 1. The van der Waals surface area contributed by atoms with Gasteiger partial charge in [0, 0.05) is 6.08 Å². The van der Waals surface area contributed by atoms with Gasteiger partial charge in [0.15, 0.2) is 0 Å². The fourth-order valence-electron chi connectivity index (χ4n) is 1.72. The molecule has 0 bridgehead atoms. The van der Waals surface area contributed by atoms with Crippen molar-refractivity contribution in [3.63, 3.8) is 0 Å². The van der Waals surface area contributed by atoms with Gasteiger partial charge in [-0.2, -0.15) is 0 Å². The number of hydrogen-bond acceptors (Lipinski definition) is 2. The van der Waals surface area contributed by atoms with Crippen molar-refractivity contribution in [2.75, 3.05) is 6.61 Å². The maximum absolute atomic E-state index is 11.3. The standard InChI is InChI=1S/C17H26Cl2O2/c1-5-21-16(20)12-14(3)10-6-8-13(2)9-7-11-15(4)17(18)19/h8,11-12,17H,5-7,9-10H2,1-4H3. The van der Waals surface area contributed by atoms with Crippen LogP contribution in [0.3, 0.4) is 0 Å². The zero-order valence-corrected chi connectivity index (χ0v) is 14.9. The van der Waals surface area contributed by atoms with Gasteiger partial charge in [-0.1, -0.05) is 23.3 Å². The van der Waals surface area contributed by atoms with Crippen LogP contribution in [0, 0.1) is 0 Å². The van der Waals surface area contributed by atoms with E-state index in [1.165, 1.54) is 5.57 Å². The molecule has 0 rings (SSSR count). The lowest BCUT2D eigenvalue weighted by Gasteiger charge is -2.03. The number of ether oxygens (including phenoxy) is 1. The third-order valence-corrected chi connectivity index (χ3v) is 3.72. The highest BCUT2D eigenvalue weighted by molar-refractivity contribution is 6.46. The van der Waals surface area contributed by atoms with Gasteiger partial charge in [-0.05, 0) is 59.0 Å². The van der Waals surface area contributed by atoms with Crippen molar-refractivity contribution in [2.45, 2.75) is 58.2 Å². The van der Waals surface area contributed by atoms with Gasteiger partial charge in [0.2, 0.25) is 0 Å². The summed E-state index contributed by atoms with van der Waals surface area (Å²) in [5, 5.41) is 0. The van der Waals surface area contributed by atoms with Gasteiger partial charge in [0.25, 0.3) is 0 Å². The molecule has 0 aliphatic carbocycles. The molecule has 120 valence electrons. The molecule has 0 aromatic heterocycles. The van der Waals surface area contributed by atoms with Crippen molar-refractivity contribution in [1.82, 2.24) is 0 Å². The molecule has 0 aliphatic heterocycles. The number of carbonyl (C=O) groups excluding carboxylic acids is 1. The number of allylic oxidation sites excluding steroid dienone is 5. The Kier molecular flexibility index (Phi) is 11.5. The summed E-state index contributed by atoms with van der Waals surface area (Å²) in [5.74, 6) is -0.256. The van der Waals surface area contributed by atoms with Crippen LogP contribution in [0.25, 0.3) is 0 Å². The van der Waals surface area contributed by atoms with E-state index in [0.29, 0.717) is 6.61 Å². The maximum Gasteiger partial charge on any atom is 0.330 e. The van der Waals surface area contributed by atoms with Crippen LogP contribution < -0.4 is 0 Å². The summed E-state index contributed by atoms with van der Waals surface area (Å²) in [4.78, 5) is 10.9. The smallest absolute Gasteiger partial charge is 0.330 e. The van der Waals surface area contributed by atoms with Gasteiger partial charge in [0.05, 0.1) is 6.61 Å². The van der Waals surface area contributed by atoms with Crippen LogP contribution in [0.1, 0.15) is 53.4 Å². The van der Waals surface area contributed by atoms with Crippen molar-refractivity contribution in [1.29, 1.82) is 0 Å². The largest absolute Gasteiger partial charge is 0.463 e. The highest BCUT2D eigenvalue weighted by Gasteiger charge is 2.00. The van der Waals surface area contributed by atoms with E-state index >= 15 is 0 Å². The number of rotatable bonds is 9. The summed E-state index contributed by atoms with van der Waals surface area (Å²) in [6.45, 7) is 8.23. The molecule has 0 aliphatic rings. The van der Waals surface area contributed by atoms with E-state index < -0.39 is 4.84 Å². The van der Waals surface area contributed by atoms with Crippen molar-refractivity contribution in [2.24, 2.45) is 0 Å². The Balaban J connectivity index is 4.08. The summed E-state index contributed by atoms with van der Waals surface area (Å²) in [6.07, 6.45) is 9.61. The molecule has 0 aromatic carbocycles. The first kappa shape index (κ1) is 20.3. The maximum atomic E-state index is 11.3. The Morgan fingerprint density at radius 1 is 1.05 bits per heavy atom. The zero-order valence-electron chi connectivity index (χ0n) is 13.4. The molecule has 0 unspecified atom stereocenters. The quantitative estimate of drug-likeness (QED) is 0.232. The van der Waals surface area contributed by atoms with Gasteiger partial charge < -0.3 is 4.74 Å². The van der Waals surface area contributed by atoms with Crippen molar-refractivity contribution in [3.05, 3.63) is 34.9 Å². The molecule has 0 N–H and O–H groups in total. The van der Waals surface area contributed by atoms with Crippen LogP contribution in [-0.2, 0) is 9.53 Å². The van der Waals surface area contributed by atoms with E-state index in [1.807, 2.05) is 13.8 Å². The molecule has 0 heterocycles. The molecular formula is C17H26Cl2O2. The second-order valence-electron chi connectivity index (χ2n) is 5.12. The van der Waals surface area contributed by atoms with Crippen molar-refractivity contribution >= 4 is 29.2 Å². The fourth-order valence-corrected chi connectivity index (χ4v) is 1.90. The van der Waals surface area contributed by atoms with Crippen LogP contribution in [0.4, 0.5) is 0 Å². The molecule has 0 spiro atoms. The minimum atomic E-state index is -0.412. The van der Waals surface area contributed by atoms with E-state index in [9.17, 15) is 4.79 Å². The fraction of sp³-hybridized carbons (Fsp3) is 0.588. The zero-order chi connectivity index (χ0) is 16.3. The van der Waals surface area contributed by atoms with Crippen molar-refractivity contribution in [3.8, 4) is 0 Å². The van der Waals surface area contributed by atoms with Crippen molar-refractivity contribution < 1.29 is 9.53 Å². The molecule has 0 saturated heterocycles. The van der Waals surface area contributed by atoms with E-state index in [0.717, 1.165) is 36.8 Å². The van der Waals surface area contributed by atoms with Gasteiger partial charge in [-0.3, -0.25) is 0 Å². The van der Waals surface area contributed by atoms with Gasteiger partial charge in [-0.25, -0.2) is 4.79 Å². The van der Waals surface area contributed by atoms with E-state index in [2.05, 4.69) is 19.1 Å². The summed E-state index contributed by atoms with van der Waals surface area (Å²) >= 11 is 11.5. The highest BCUT2D eigenvalue weighted by Crippen LogP contribution is 2.16. The van der Waals surface area contributed by atoms with E-state index in [-0.39, 0.29) is 5.97 Å². The van der Waals surface area contributed by atoms with Gasteiger partial charge >= 0.3 is 5.97 Å². The Hall–Kier alpha value is -0.730. The lowest BCUT2D eigenvalue weighted by Crippen LogP contribution is -2.00.